The van der Waals surface area contributed by atoms with Crippen LogP contribution in [0.2, 0.25) is 0 Å². The zero-order valence-corrected chi connectivity index (χ0v) is 65.7. The average molecular weight is 1610 g/mol. The first-order valence-corrected chi connectivity index (χ1v) is 45.2. The van der Waals surface area contributed by atoms with Crippen LogP contribution in [-0.2, 0) is 49.0 Å². The second-order valence-electron chi connectivity index (χ2n) is 21.9. The lowest BCUT2D eigenvalue weighted by Crippen LogP contribution is -2.06. The van der Waals surface area contributed by atoms with Gasteiger partial charge >= 0.3 is 0 Å². The molecule has 12 aromatic carbocycles. The number of thioether (sulfide) groups is 2. The third-order valence-corrected chi connectivity index (χ3v) is 30.7. The van der Waals surface area contributed by atoms with Crippen molar-refractivity contribution in [1.29, 1.82) is 0 Å². The predicted octanol–water partition coefficient (Wildman–Crippen LogP) is 22.7. The summed E-state index contributed by atoms with van der Waals surface area (Å²) < 4.78 is 120. The van der Waals surface area contributed by atoms with Gasteiger partial charge < -0.3 is 0 Å². The van der Waals surface area contributed by atoms with Gasteiger partial charge in [-0.2, -0.15) is 8.42 Å². The third kappa shape index (κ3) is 20.6. The van der Waals surface area contributed by atoms with Gasteiger partial charge in [-0.05, 0) is 281 Å². The maximum Gasteiger partial charge on any atom is 0.295 e. The summed E-state index contributed by atoms with van der Waals surface area (Å²) in [7, 11) is -16.3. The fraction of sp³-hybridized carbons (Fsp3) is 0.0526. The topological polar surface area (TPSA) is 195 Å². The molecule has 0 unspecified atom stereocenters. The Labute approximate surface area is 637 Å². The van der Waals surface area contributed by atoms with Crippen molar-refractivity contribution in [1.82, 2.24) is 0 Å². The van der Waals surface area contributed by atoms with Crippen molar-refractivity contribution < 1.29 is 52.9 Å². The predicted molar refractivity (Wildman–Crippen MR) is 416 cm³/mol. The molecule has 0 amide bonds. The minimum absolute atomic E-state index is 0.152. The number of sulfone groups is 3. The summed E-state index contributed by atoms with van der Waals surface area (Å²) in [6.07, 6.45) is 4.14. The van der Waals surface area contributed by atoms with E-state index in [9.17, 15) is 38.2 Å². The van der Waals surface area contributed by atoms with Crippen molar-refractivity contribution in [3.05, 3.63) is 290 Å². The molecule has 0 radical (unpaired) electrons. The quantitative estimate of drug-likeness (QED) is 0.0171. The maximum atomic E-state index is 13.9. The van der Waals surface area contributed by atoms with Crippen molar-refractivity contribution in [3.8, 4) is 0 Å². The number of aryl methyl sites for hydroxylation is 2. The molecule has 0 saturated carbocycles. The zero-order valence-electron chi connectivity index (χ0n) is 54.3. The van der Waals surface area contributed by atoms with Gasteiger partial charge in [0.1, 0.15) is 4.90 Å². The van der Waals surface area contributed by atoms with Gasteiger partial charge in [0.25, 0.3) is 10.1 Å². The number of benzene rings is 12. The molecular formula is C76H60O12S14. The van der Waals surface area contributed by atoms with Gasteiger partial charge in [-0.1, -0.05) is 123 Å². The van der Waals surface area contributed by atoms with Gasteiger partial charge in [-0.3, -0.25) is 4.55 Å². The second-order valence-corrected chi connectivity index (χ2v) is 39.7. The normalized spacial score (nSPS) is 11.8. The van der Waals surface area contributed by atoms with E-state index in [-0.39, 0.29) is 29.4 Å². The minimum Gasteiger partial charge on any atom is -0.282 e. The summed E-state index contributed by atoms with van der Waals surface area (Å²) in [6.45, 7) is 3.82. The van der Waals surface area contributed by atoms with Crippen molar-refractivity contribution in [2.75, 3.05) is 12.5 Å². The molecular weight excluding hydrogens is 1550 g/mol. The highest BCUT2D eigenvalue weighted by molar-refractivity contribution is 8.02. The van der Waals surface area contributed by atoms with E-state index < -0.39 is 44.5 Å². The molecule has 102 heavy (non-hydrogen) atoms. The van der Waals surface area contributed by atoms with E-state index in [0.717, 1.165) is 73.0 Å². The molecule has 0 bridgehead atoms. The van der Waals surface area contributed by atoms with E-state index in [2.05, 4.69) is 90.3 Å². The standard InChI is InChI=1S/C44H34O10S8.C32H26O2S6/c1-29-3-7-35(8-4-29)58-42-26-24-40(28-44(42)62(50,51)52)61(48,49)39-23-25-41(43(27-39)59-54-53-45)57-36-15-13-33(14-16-36)55-31-9-11-32(12-10-31)56-34-17-21-38(22-18-34)60(46,47)37-19-5-30(2)6-20-37;1-35-23-3-7-25(8-4-23)37-27-11-13-28(14-12-27)39-30-17-21-32(22-18-30)40(33,34)31-19-15-29(16-20-31)38-26-9-5-24(36-2)6-10-26/h3-28,45H,1-2H3,(H,50,51,52);3-22H,1-2H3. The van der Waals surface area contributed by atoms with Gasteiger partial charge in [0.15, 0.2) is 0 Å². The number of hydrogen-bond donors (Lipinski definition) is 2. The van der Waals surface area contributed by atoms with Crippen LogP contribution in [0.3, 0.4) is 0 Å². The van der Waals surface area contributed by atoms with E-state index >= 15 is 0 Å². The Morgan fingerprint density at radius 3 is 0.794 bits per heavy atom. The summed E-state index contributed by atoms with van der Waals surface area (Å²) in [5.41, 5.74) is 1.99. The van der Waals surface area contributed by atoms with Crippen LogP contribution in [0.5, 0.6) is 0 Å². The van der Waals surface area contributed by atoms with Crippen LogP contribution < -0.4 is 0 Å². The molecule has 0 heterocycles. The summed E-state index contributed by atoms with van der Waals surface area (Å²) in [6, 6.07) is 84.1. The van der Waals surface area contributed by atoms with E-state index in [0.29, 0.717) is 31.6 Å². The molecule has 0 spiro atoms. The highest BCUT2D eigenvalue weighted by atomic mass is 32.2. The van der Waals surface area contributed by atoms with Crippen LogP contribution in [0.25, 0.3) is 0 Å². The Bertz CT molecular complexity index is 5330. The summed E-state index contributed by atoms with van der Waals surface area (Å²) >= 11 is 14.5. The molecule has 12 nitrogen and oxygen atoms in total. The van der Waals surface area contributed by atoms with Crippen LogP contribution in [-0.4, -0.2) is 56.0 Å². The smallest absolute Gasteiger partial charge is 0.282 e. The maximum absolute atomic E-state index is 13.9. The molecule has 2 N–H and O–H groups in total. The molecule has 0 fully saturated rings. The Morgan fingerprint density at radius 1 is 0.265 bits per heavy atom. The molecule has 0 aliphatic heterocycles. The van der Waals surface area contributed by atoms with Crippen molar-refractivity contribution >= 4 is 158 Å². The molecule has 0 saturated heterocycles. The summed E-state index contributed by atoms with van der Waals surface area (Å²) in [5.74, 6) is 0. The van der Waals surface area contributed by atoms with Crippen LogP contribution in [0, 0.1) is 13.8 Å². The first kappa shape index (κ1) is 76.9. The fourth-order valence-corrected chi connectivity index (χ4v) is 21.8. The second kappa shape index (κ2) is 35.2. The Hall–Kier alpha value is -6.22. The molecule has 12 aromatic rings. The van der Waals surface area contributed by atoms with E-state index in [1.807, 2.05) is 98.8 Å². The van der Waals surface area contributed by atoms with E-state index in [4.69, 9.17) is 9.59 Å². The van der Waals surface area contributed by atoms with Crippen molar-refractivity contribution in [2.45, 2.75) is 131 Å². The Kier molecular flexibility index (Phi) is 26.6. The Morgan fingerprint density at radius 2 is 0.490 bits per heavy atom. The molecule has 26 heteroatoms. The van der Waals surface area contributed by atoms with Crippen molar-refractivity contribution in [2.24, 2.45) is 0 Å². The minimum atomic E-state index is -4.81. The SMILES string of the molecule is CSc1ccc(Sc2ccc(Sc3ccc(S(=O)(=O)c4ccc(Sc5ccc(SC)cc5)cc4)cc3)cc2)cc1.Cc1ccc(Sc2ccc(S(=O)(=O)c3ccc(Sc4ccc(Sc5ccc(Sc6ccc(S(=O)(=O)c7ccc(C)cc7)cc6)cc5)cc4)c(SOOO)c3)cc2S(=O)(=O)O)cc1. The number of hydrogen-bond acceptors (Lipinski definition) is 21. The fourth-order valence-electron chi connectivity index (χ4n) is 9.54. The summed E-state index contributed by atoms with van der Waals surface area (Å²) in [5, 5.41) is 12.7. The highest BCUT2D eigenvalue weighted by Gasteiger charge is 2.26. The highest BCUT2D eigenvalue weighted by Crippen LogP contribution is 2.43. The Balaban J connectivity index is 0.000000225. The number of rotatable bonds is 26. The van der Waals surface area contributed by atoms with Crippen molar-refractivity contribution in [3.63, 3.8) is 0 Å². The largest absolute Gasteiger partial charge is 0.295 e. The van der Waals surface area contributed by atoms with Gasteiger partial charge in [0, 0.05) is 78.3 Å². The average Bonchev–Trinajstić information content (AvgIpc) is 0.785. The molecule has 520 valence electrons. The zero-order chi connectivity index (χ0) is 72.0. The molecule has 0 aliphatic rings. The first-order valence-electron chi connectivity index (χ1n) is 30.4. The van der Waals surface area contributed by atoms with Gasteiger partial charge in [0.05, 0.1) is 46.3 Å². The summed E-state index contributed by atoms with van der Waals surface area (Å²) in [4.78, 5) is 15.5. The lowest BCUT2D eigenvalue weighted by molar-refractivity contribution is -0.432. The molecule has 12 rings (SSSR count). The van der Waals surface area contributed by atoms with Crippen LogP contribution in [0.4, 0.5) is 0 Å². The third-order valence-electron chi connectivity index (χ3n) is 14.9. The van der Waals surface area contributed by atoms with Crippen LogP contribution >= 0.6 is 118 Å². The first-order chi connectivity index (χ1) is 49.0. The molecule has 0 atom stereocenters. The van der Waals surface area contributed by atoms with Gasteiger partial charge in [0.2, 0.25) is 29.5 Å². The molecule has 0 aliphatic carbocycles. The van der Waals surface area contributed by atoms with E-state index in [1.165, 1.54) is 67.4 Å². The van der Waals surface area contributed by atoms with E-state index in [1.54, 1.807) is 162 Å². The van der Waals surface area contributed by atoms with Crippen LogP contribution in [0.15, 0.2) is 397 Å². The lowest BCUT2D eigenvalue weighted by Gasteiger charge is -2.13. The van der Waals surface area contributed by atoms with Gasteiger partial charge in [-0.25, -0.2) is 30.5 Å². The van der Waals surface area contributed by atoms with Gasteiger partial charge in [-0.15, -0.1) is 27.9 Å². The lowest BCUT2D eigenvalue weighted by atomic mass is 10.2. The monoisotopic (exact) mass is 1610 g/mol. The molecule has 0 aromatic heterocycles. The van der Waals surface area contributed by atoms with Crippen LogP contribution in [0.1, 0.15) is 11.1 Å².